The lowest BCUT2D eigenvalue weighted by atomic mass is 10.2. The van der Waals surface area contributed by atoms with Crippen LogP contribution in [0, 0.1) is 0 Å². The fourth-order valence-electron chi connectivity index (χ4n) is 3.86. The van der Waals surface area contributed by atoms with E-state index in [1.165, 1.54) is 0 Å². The van der Waals surface area contributed by atoms with Crippen LogP contribution in [-0.2, 0) is 21.2 Å². The van der Waals surface area contributed by atoms with E-state index in [0.717, 1.165) is 43.9 Å². The average Bonchev–Trinajstić information content (AvgIpc) is 3.26. The molecule has 2 saturated heterocycles. The highest BCUT2D eigenvalue weighted by Gasteiger charge is 2.33. The molecule has 0 spiro atoms. The van der Waals surface area contributed by atoms with Crippen LogP contribution in [0.4, 0.5) is 0 Å². The van der Waals surface area contributed by atoms with Crippen LogP contribution in [0.15, 0.2) is 18.2 Å². The predicted octanol–water partition coefficient (Wildman–Crippen LogP) is -0.164. The monoisotopic (exact) mass is 395 g/mol. The van der Waals surface area contributed by atoms with E-state index in [-0.39, 0.29) is 24.5 Å². The van der Waals surface area contributed by atoms with Gasteiger partial charge >= 0.3 is 0 Å². The number of nitrogens with one attached hydrogen (secondary N) is 1. The number of ether oxygens (including phenoxy) is 2. The van der Waals surface area contributed by atoms with E-state index in [4.69, 9.17) is 9.47 Å². The van der Waals surface area contributed by atoms with Crippen LogP contribution >= 0.6 is 0 Å². The van der Waals surface area contributed by atoms with Gasteiger partial charge in [-0.3, -0.25) is 14.6 Å². The van der Waals surface area contributed by atoms with Gasteiger partial charge in [0.15, 0.2) is 21.3 Å². The summed E-state index contributed by atoms with van der Waals surface area (Å²) in [5.74, 6) is 2.03. The summed E-state index contributed by atoms with van der Waals surface area (Å²) >= 11 is 0. The van der Waals surface area contributed by atoms with Crippen LogP contribution in [0.25, 0.3) is 0 Å². The van der Waals surface area contributed by atoms with Gasteiger partial charge in [0.2, 0.25) is 12.7 Å². The second-order valence-corrected chi connectivity index (χ2v) is 9.56. The molecular formula is C18H25N3O5S. The summed E-state index contributed by atoms with van der Waals surface area (Å²) in [7, 11) is -2.85. The second-order valence-electron chi connectivity index (χ2n) is 7.33. The van der Waals surface area contributed by atoms with Crippen molar-refractivity contribution in [2.24, 2.45) is 0 Å². The molecule has 148 valence electrons. The van der Waals surface area contributed by atoms with Gasteiger partial charge in [-0.1, -0.05) is 6.07 Å². The van der Waals surface area contributed by atoms with Crippen LogP contribution in [0.3, 0.4) is 0 Å². The average molecular weight is 395 g/mol. The van der Waals surface area contributed by atoms with E-state index >= 15 is 0 Å². The molecule has 2 fully saturated rings. The van der Waals surface area contributed by atoms with Gasteiger partial charge in [0, 0.05) is 38.8 Å². The molecular weight excluding hydrogens is 370 g/mol. The Morgan fingerprint density at radius 3 is 2.67 bits per heavy atom. The van der Waals surface area contributed by atoms with Crippen molar-refractivity contribution in [3.05, 3.63) is 23.8 Å². The van der Waals surface area contributed by atoms with Crippen molar-refractivity contribution in [3.63, 3.8) is 0 Å². The van der Waals surface area contributed by atoms with E-state index in [9.17, 15) is 13.2 Å². The molecule has 8 nitrogen and oxygen atoms in total. The molecule has 0 unspecified atom stereocenters. The van der Waals surface area contributed by atoms with E-state index in [1.807, 2.05) is 18.2 Å². The van der Waals surface area contributed by atoms with Crippen molar-refractivity contribution >= 4 is 15.7 Å². The van der Waals surface area contributed by atoms with E-state index in [0.29, 0.717) is 24.6 Å². The smallest absolute Gasteiger partial charge is 0.234 e. The van der Waals surface area contributed by atoms with Crippen molar-refractivity contribution in [2.45, 2.75) is 19.0 Å². The minimum Gasteiger partial charge on any atom is -0.454 e. The largest absolute Gasteiger partial charge is 0.454 e. The molecule has 0 saturated carbocycles. The number of hydrogen-bond acceptors (Lipinski definition) is 7. The summed E-state index contributed by atoms with van der Waals surface area (Å²) in [6.45, 7) is 4.26. The fraction of sp³-hybridized carbons (Fsp3) is 0.611. The topological polar surface area (TPSA) is 88.2 Å². The normalized spacial score (nSPS) is 24.8. The predicted molar refractivity (Wildman–Crippen MR) is 99.5 cm³/mol. The van der Waals surface area contributed by atoms with Crippen molar-refractivity contribution in [3.8, 4) is 11.5 Å². The zero-order valence-corrected chi connectivity index (χ0v) is 16.0. The third-order valence-electron chi connectivity index (χ3n) is 5.43. The lowest BCUT2D eigenvalue weighted by Crippen LogP contribution is -2.52. The number of carbonyl (C=O) groups is 1. The number of carbonyl (C=O) groups excluding carboxylic acids is 1. The van der Waals surface area contributed by atoms with Crippen molar-refractivity contribution in [2.75, 3.05) is 51.0 Å². The molecule has 1 amide bonds. The Hall–Kier alpha value is -1.84. The number of piperazine rings is 1. The molecule has 9 heteroatoms. The Morgan fingerprint density at radius 2 is 1.93 bits per heavy atom. The zero-order chi connectivity index (χ0) is 18.9. The highest BCUT2D eigenvalue weighted by Crippen LogP contribution is 2.32. The molecule has 0 aromatic heterocycles. The molecule has 1 aromatic carbocycles. The minimum absolute atomic E-state index is 0.00967. The molecule has 4 rings (SSSR count). The highest BCUT2D eigenvalue weighted by molar-refractivity contribution is 7.91. The number of hydrogen-bond donors (Lipinski definition) is 1. The summed E-state index contributed by atoms with van der Waals surface area (Å²) in [6.07, 6.45) is 0.734. The SMILES string of the molecule is O=C(CN1CCN([C@H]2CCS(=O)(=O)C2)CC1)NCc1ccc2c(c1)OCO2. The van der Waals surface area contributed by atoms with Gasteiger partial charge in [-0.25, -0.2) is 8.42 Å². The molecule has 1 aromatic rings. The number of amides is 1. The van der Waals surface area contributed by atoms with Gasteiger partial charge in [0.25, 0.3) is 0 Å². The first kappa shape index (κ1) is 18.5. The second kappa shape index (κ2) is 7.65. The van der Waals surface area contributed by atoms with Gasteiger partial charge in [0.1, 0.15) is 0 Å². The molecule has 3 aliphatic rings. The van der Waals surface area contributed by atoms with E-state index in [1.54, 1.807) is 0 Å². The van der Waals surface area contributed by atoms with Gasteiger partial charge in [-0.15, -0.1) is 0 Å². The standard InChI is InChI=1S/C18H25N3O5S/c22-18(19-10-14-1-2-16-17(9-14)26-13-25-16)11-20-4-6-21(7-5-20)15-3-8-27(23,24)12-15/h1-2,9,15H,3-8,10-13H2,(H,19,22)/t15-/m0/s1. The Balaban J connectivity index is 1.19. The highest BCUT2D eigenvalue weighted by atomic mass is 32.2. The van der Waals surface area contributed by atoms with Crippen LogP contribution in [-0.4, -0.2) is 81.2 Å². The molecule has 3 aliphatic heterocycles. The van der Waals surface area contributed by atoms with Gasteiger partial charge in [0.05, 0.1) is 18.1 Å². The summed E-state index contributed by atoms with van der Waals surface area (Å²) in [6, 6.07) is 5.81. The number of rotatable bonds is 5. The Bertz CT molecular complexity index is 805. The first-order chi connectivity index (χ1) is 13.0. The quantitative estimate of drug-likeness (QED) is 0.741. The van der Waals surface area contributed by atoms with Crippen molar-refractivity contribution in [1.29, 1.82) is 0 Å². The Morgan fingerprint density at radius 1 is 1.15 bits per heavy atom. The number of sulfone groups is 1. The number of benzene rings is 1. The zero-order valence-electron chi connectivity index (χ0n) is 15.2. The Labute approximate surface area is 159 Å². The molecule has 0 bridgehead atoms. The lowest BCUT2D eigenvalue weighted by molar-refractivity contribution is -0.122. The van der Waals surface area contributed by atoms with Crippen molar-refractivity contribution in [1.82, 2.24) is 15.1 Å². The third kappa shape index (κ3) is 4.53. The molecule has 1 atom stereocenters. The fourth-order valence-corrected chi connectivity index (χ4v) is 5.62. The van der Waals surface area contributed by atoms with Crippen LogP contribution in [0.1, 0.15) is 12.0 Å². The third-order valence-corrected chi connectivity index (χ3v) is 7.18. The summed E-state index contributed by atoms with van der Waals surface area (Å²) < 4.78 is 33.9. The Kier molecular flexibility index (Phi) is 5.25. The van der Waals surface area contributed by atoms with Crippen LogP contribution in [0.5, 0.6) is 11.5 Å². The molecule has 1 N–H and O–H groups in total. The van der Waals surface area contributed by atoms with Crippen LogP contribution in [0.2, 0.25) is 0 Å². The summed E-state index contributed by atoms with van der Waals surface area (Å²) in [5.41, 5.74) is 0.972. The lowest BCUT2D eigenvalue weighted by Gasteiger charge is -2.37. The first-order valence-electron chi connectivity index (χ1n) is 9.30. The molecule has 0 aliphatic carbocycles. The van der Waals surface area contributed by atoms with Gasteiger partial charge < -0.3 is 14.8 Å². The maximum absolute atomic E-state index is 12.2. The molecule has 27 heavy (non-hydrogen) atoms. The van der Waals surface area contributed by atoms with Crippen LogP contribution < -0.4 is 14.8 Å². The van der Waals surface area contributed by atoms with E-state index in [2.05, 4.69) is 15.1 Å². The maximum Gasteiger partial charge on any atom is 0.234 e. The van der Waals surface area contributed by atoms with Crippen molar-refractivity contribution < 1.29 is 22.7 Å². The minimum atomic E-state index is -2.85. The molecule has 0 radical (unpaired) electrons. The summed E-state index contributed by atoms with van der Waals surface area (Å²) in [4.78, 5) is 16.6. The first-order valence-corrected chi connectivity index (χ1v) is 11.1. The molecule has 3 heterocycles. The number of fused-ring (bicyclic) bond motifs is 1. The van der Waals surface area contributed by atoms with Gasteiger partial charge in [-0.2, -0.15) is 0 Å². The van der Waals surface area contributed by atoms with E-state index < -0.39 is 9.84 Å². The summed E-state index contributed by atoms with van der Waals surface area (Å²) in [5, 5.41) is 2.94. The van der Waals surface area contributed by atoms with Gasteiger partial charge in [-0.05, 0) is 24.1 Å². The number of nitrogens with zero attached hydrogens (tertiary/aromatic N) is 2. The maximum atomic E-state index is 12.2.